The Balaban J connectivity index is 2.55. The second kappa shape index (κ2) is 7.31. The molecule has 1 aromatic carbocycles. The van der Waals surface area contributed by atoms with Crippen LogP contribution in [0.4, 0.5) is 8.78 Å². The van der Waals surface area contributed by atoms with Crippen LogP contribution < -0.4 is 10.1 Å². The van der Waals surface area contributed by atoms with Crippen LogP contribution in [0.2, 0.25) is 0 Å². The lowest BCUT2D eigenvalue weighted by molar-refractivity contribution is -0.0505. The van der Waals surface area contributed by atoms with E-state index in [0.717, 1.165) is 12.0 Å². The Kier molecular flexibility index (Phi) is 6.05. The van der Waals surface area contributed by atoms with Crippen molar-refractivity contribution in [1.29, 1.82) is 0 Å². The van der Waals surface area contributed by atoms with E-state index in [1.165, 1.54) is 0 Å². The van der Waals surface area contributed by atoms with Crippen LogP contribution in [0.15, 0.2) is 24.3 Å². The van der Waals surface area contributed by atoms with Gasteiger partial charge in [0.2, 0.25) is 0 Å². The molecule has 0 radical (unpaired) electrons. The van der Waals surface area contributed by atoms with Gasteiger partial charge in [0.05, 0.1) is 0 Å². The topological polar surface area (TPSA) is 21.3 Å². The zero-order chi connectivity index (χ0) is 13.5. The maximum absolute atomic E-state index is 12.2. The average molecular weight is 257 g/mol. The standard InChI is InChI=1S/C14H21F2NO/c1-10(2)8-11(3)17-9-12-6-4-5-7-13(12)18-14(15)16/h4-7,10-11,14,17H,8-9H2,1-3H3. The molecule has 0 aliphatic heterocycles. The zero-order valence-corrected chi connectivity index (χ0v) is 11.1. The normalized spacial score (nSPS) is 13.1. The maximum Gasteiger partial charge on any atom is 0.387 e. The first kappa shape index (κ1) is 14.9. The van der Waals surface area contributed by atoms with Gasteiger partial charge in [0.1, 0.15) is 5.75 Å². The Morgan fingerprint density at radius 1 is 1.17 bits per heavy atom. The molecule has 0 aliphatic carbocycles. The van der Waals surface area contributed by atoms with Gasteiger partial charge in [-0.25, -0.2) is 0 Å². The number of rotatable bonds is 7. The fraction of sp³-hybridized carbons (Fsp3) is 0.571. The van der Waals surface area contributed by atoms with Crippen LogP contribution in [0.5, 0.6) is 5.75 Å². The monoisotopic (exact) mass is 257 g/mol. The number of para-hydroxylation sites is 1. The molecular weight excluding hydrogens is 236 g/mol. The molecule has 0 saturated heterocycles. The lowest BCUT2D eigenvalue weighted by Gasteiger charge is -2.17. The smallest absolute Gasteiger partial charge is 0.387 e. The second-order valence-corrected chi connectivity index (χ2v) is 4.90. The molecular formula is C14H21F2NO. The minimum atomic E-state index is -2.78. The summed E-state index contributed by atoms with van der Waals surface area (Å²) in [6.45, 7) is 4.17. The van der Waals surface area contributed by atoms with Crippen LogP contribution in [0.25, 0.3) is 0 Å². The van der Waals surface area contributed by atoms with Gasteiger partial charge < -0.3 is 10.1 Å². The van der Waals surface area contributed by atoms with Crippen molar-refractivity contribution < 1.29 is 13.5 Å². The first-order valence-electron chi connectivity index (χ1n) is 6.25. The van der Waals surface area contributed by atoms with Crippen LogP contribution in [0.3, 0.4) is 0 Å². The van der Waals surface area contributed by atoms with Crippen LogP contribution in [-0.4, -0.2) is 12.7 Å². The predicted octanol–water partition coefficient (Wildman–Crippen LogP) is 3.81. The van der Waals surface area contributed by atoms with Crippen LogP contribution in [-0.2, 0) is 6.54 Å². The molecule has 0 aromatic heterocycles. The largest absolute Gasteiger partial charge is 0.434 e. The van der Waals surface area contributed by atoms with E-state index in [4.69, 9.17) is 0 Å². The van der Waals surface area contributed by atoms with Gasteiger partial charge in [-0.15, -0.1) is 0 Å². The SMILES string of the molecule is CC(C)CC(C)NCc1ccccc1OC(F)F. The second-order valence-electron chi connectivity index (χ2n) is 4.90. The fourth-order valence-electron chi connectivity index (χ4n) is 1.94. The Hall–Kier alpha value is -1.16. The third-order valence-corrected chi connectivity index (χ3v) is 2.65. The molecule has 0 aliphatic rings. The summed E-state index contributed by atoms with van der Waals surface area (Å²) in [6, 6.07) is 7.23. The minimum absolute atomic E-state index is 0.247. The highest BCUT2D eigenvalue weighted by Crippen LogP contribution is 2.20. The van der Waals surface area contributed by atoms with Crippen molar-refractivity contribution in [2.75, 3.05) is 0 Å². The molecule has 0 amide bonds. The molecule has 1 N–H and O–H groups in total. The molecule has 0 spiro atoms. The molecule has 4 heteroatoms. The average Bonchev–Trinajstić information content (AvgIpc) is 2.26. The molecule has 0 bridgehead atoms. The third kappa shape index (κ3) is 5.45. The lowest BCUT2D eigenvalue weighted by Crippen LogP contribution is -2.27. The van der Waals surface area contributed by atoms with Gasteiger partial charge in [-0.2, -0.15) is 8.78 Å². The summed E-state index contributed by atoms with van der Waals surface area (Å²) >= 11 is 0. The van der Waals surface area contributed by atoms with Gasteiger partial charge >= 0.3 is 6.61 Å². The van der Waals surface area contributed by atoms with Crippen molar-refractivity contribution >= 4 is 0 Å². The van der Waals surface area contributed by atoms with Gasteiger partial charge in [-0.3, -0.25) is 0 Å². The quantitative estimate of drug-likeness (QED) is 0.802. The van der Waals surface area contributed by atoms with Gasteiger partial charge in [0, 0.05) is 18.2 Å². The number of hydrogen-bond donors (Lipinski definition) is 1. The van der Waals surface area contributed by atoms with Gasteiger partial charge in [-0.1, -0.05) is 32.0 Å². The number of benzene rings is 1. The van der Waals surface area contributed by atoms with Crippen LogP contribution in [0.1, 0.15) is 32.8 Å². The predicted molar refractivity (Wildman–Crippen MR) is 68.8 cm³/mol. The molecule has 0 heterocycles. The van der Waals surface area contributed by atoms with E-state index in [1.54, 1.807) is 18.2 Å². The van der Waals surface area contributed by atoms with E-state index in [1.807, 2.05) is 6.07 Å². The van der Waals surface area contributed by atoms with Crippen LogP contribution in [0, 0.1) is 5.92 Å². The minimum Gasteiger partial charge on any atom is -0.434 e. The van der Waals surface area contributed by atoms with Crippen molar-refractivity contribution in [2.24, 2.45) is 5.92 Å². The van der Waals surface area contributed by atoms with Crippen molar-refractivity contribution in [1.82, 2.24) is 5.32 Å². The molecule has 1 rings (SSSR count). The van der Waals surface area contributed by atoms with Gasteiger partial charge in [0.25, 0.3) is 0 Å². The first-order valence-corrected chi connectivity index (χ1v) is 6.25. The Labute approximate surface area is 107 Å². The maximum atomic E-state index is 12.2. The number of nitrogens with one attached hydrogen (secondary N) is 1. The highest BCUT2D eigenvalue weighted by atomic mass is 19.3. The summed E-state index contributed by atoms with van der Waals surface area (Å²) in [7, 11) is 0. The summed E-state index contributed by atoms with van der Waals surface area (Å²) in [5.74, 6) is 0.858. The van der Waals surface area contributed by atoms with Crippen molar-refractivity contribution in [3.63, 3.8) is 0 Å². The van der Waals surface area contributed by atoms with Gasteiger partial charge in [0.15, 0.2) is 0 Å². The van der Waals surface area contributed by atoms with Crippen molar-refractivity contribution in [3.05, 3.63) is 29.8 Å². The first-order chi connectivity index (χ1) is 8.49. The number of halogens is 2. The summed E-state index contributed by atoms with van der Waals surface area (Å²) < 4.78 is 28.9. The Morgan fingerprint density at radius 3 is 2.44 bits per heavy atom. The van der Waals surface area contributed by atoms with E-state index in [-0.39, 0.29) is 5.75 Å². The number of ether oxygens (including phenoxy) is 1. The van der Waals surface area contributed by atoms with Crippen molar-refractivity contribution in [3.8, 4) is 5.75 Å². The molecule has 1 atom stereocenters. The summed E-state index contributed by atoms with van der Waals surface area (Å²) in [5.41, 5.74) is 0.758. The molecule has 1 unspecified atom stereocenters. The lowest BCUT2D eigenvalue weighted by atomic mass is 10.0. The Morgan fingerprint density at radius 2 is 1.83 bits per heavy atom. The van der Waals surface area contributed by atoms with E-state index in [9.17, 15) is 8.78 Å². The molecule has 2 nitrogen and oxygen atoms in total. The summed E-state index contributed by atoms with van der Waals surface area (Å²) in [5, 5.41) is 3.32. The van der Waals surface area contributed by atoms with Crippen LogP contribution >= 0.6 is 0 Å². The molecule has 102 valence electrons. The molecule has 18 heavy (non-hydrogen) atoms. The Bertz CT molecular complexity index is 355. The van der Waals surface area contributed by atoms with Gasteiger partial charge in [-0.05, 0) is 25.3 Å². The fourth-order valence-corrected chi connectivity index (χ4v) is 1.94. The molecule has 0 fully saturated rings. The number of alkyl halides is 2. The van der Waals surface area contributed by atoms with E-state index in [2.05, 4.69) is 30.8 Å². The summed E-state index contributed by atoms with van der Waals surface area (Å²) in [4.78, 5) is 0. The van der Waals surface area contributed by atoms with E-state index in [0.29, 0.717) is 18.5 Å². The molecule has 0 saturated carbocycles. The third-order valence-electron chi connectivity index (χ3n) is 2.65. The van der Waals surface area contributed by atoms with E-state index < -0.39 is 6.61 Å². The van der Waals surface area contributed by atoms with Crippen molar-refractivity contribution in [2.45, 2.75) is 46.4 Å². The number of hydrogen-bond acceptors (Lipinski definition) is 2. The molecule has 1 aromatic rings. The zero-order valence-electron chi connectivity index (χ0n) is 11.1. The highest BCUT2D eigenvalue weighted by Gasteiger charge is 2.10. The summed E-state index contributed by atoms with van der Waals surface area (Å²) in [6.07, 6.45) is 1.05. The van der Waals surface area contributed by atoms with E-state index >= 15 is 0 Å². The highest BCUT2D eigenvalue weighted by molar-refractivity contribution is 5.33.